The number of rotatable bonds is 6. The molecule has 8 heteroatoms. The molecule has 2 aromatic rings. The van der Waals surface area contributed by atoms with Crippen LogP contribution in [0.3, 0.4) is 0 Å². The fourth-order valence-electron chi connectivity index (χ4n) is 2.24. The lowest BCUT2D eigenvalue weighted by atomic mass is 10.2. The monoisotopic (exact) mass is 506 g/mol. The Hall–Kier alpha value is -1.16. The van der Waals surface area contributed by atoms with Crippen molar-refractivity contribution < 1.29 is 0 Å². The Labute approximate surface area is 168 Å². The smallest absolute Gasteiger partial charge is 0.194 e. The summed E-state index contributed by atoms with van der Waals surface area (Å²) in [5, 5.41) is 11.4. The Morgan fingerprint density at radius 2 is 2.08 bits per heavy atom. The van der Waals surface area contributed by atoms with Gasteiger partial charge in [-0.2, -0.15) is 0 Å². The van der Waals surface area contributed by atoms with Crippen LogP contribution in [0.15, 0.2) is 40.1 Å². The van der Waals surface area contributed by atoms with Crippen molar-refractivity contribution in [2.24, 2.45) is 4.99 Å². The Bertz CT molecular complexity index is 658. The quantitative estimate of drug-likeness (QED) is 0.371. The lowest BCUT2D eigenvalue weighted by molar-refractivity contribution is 0.475. The molecule has 0 radical (unpaired) electrons. The number of nitrogens with one attached hydrogen (secondary N) is 1. The lowest BCUT2D eigenvalue weighted by Crippen LogP contribution is -2.38. The second-order valence-corrected chi connectivity index (χ2v) is 6.01. The third kappa shape index (κ3) is 5.73. The van der Waals surface area contributed by atoms with E-state index >= 15 is 0 Å². The molecule has 1 aromatic heterocycles. The average Bonchev–Trinajstić information content (AvgIpc) is 3.01. The number of aryl methyl sites for hydroxylation is 1. The molecule has 0 saturated carbocycles. The standard InChI is InChI=1S/C16H23BrN6.HI/c1-4-18-16(19-10-15-21-20-12-23(15)5-2)22(3)11-13-8-6-7-9-14(13)17;/h6-9,12H,4-5,10-11H2,1-3H3,(H,18,19);1H. The summed E-state index contributed by atoms with van der Waals surface area (Å²) in [5.74, 6) is 1.73. The van der Waals surface area contributed by atoms with Crippen LogP contribution in [-0.4, -0.2) is 39.2 Å². The van der Waals surface area contributed by atoms with Gasteiger partial charge in [0.05, 0.1) is 0 Å². The molecule has 0 aliphatic carbocycles. The number of aromatic nitrogens is 3. The van der Waals surface area contributed by atoms with Crippen molar-refractivity contribution in [2.75, 3.05) is 13.6 Å². The van der Waals surface area contributed by atoms with Gasteiger partial charge in [0.15, 0.2) is 11.8 Å². The first-order chi connectivity index (χ1) is 11.2. The van der Waals surface area contributed by atoms with Crippen molar-refractivity contribution in [2.45, 2.75) is 33.5 Å². The first-order valence-electron chi connectivity index (χ1n) is 7.75. The molecule has 0 spiro atoms. The molecule has 0 atom stereocenters. The van der Waals surface area contributed by atoms with E-state index in [-0.39, 0.29) is 24.0 Å². The average molecular weight is 507 g/mol. The minimum atomic E-state index is 0. The van der Waals surface area contributed by atoms with Crippen LogP contribution in [0.5, 0.6) is 0 Å². The summed E-state index contributed by atoms with van der Waals surface area (Å²) in [7, 11) is 2.03. The van der Waals surface area contributed by atoms with E-state index in [2.05, 4.69) is 67.3 Å². The summed E-state index contributed by atoms with van der Waals surface area (Å²) in [6, 6.07) is 8.22. The van der Waals surface area contributed by atoms with Crippen molar-refractivity contribution in [3.05, 3.63) is 46.5 Å². The largest absolute Gasteiger partial charge is 0.357 e. The summed E-state index contributed by atoms with van der Waals surface area (Å²) in [6.07, 6.45) is 1.74. The van der Waals surface area contributed by atoms with Crippen LogP contribution in [-0.2, 0) is 19.6 Å². The topological polar surface area (TPSA) is 58.3 Å². The Morgan fingerprint density at radius 1 is 1.33 bits per heavy atom. The number of nitrogens with zero attached hydrogens (tertiary/aromatic N) is 5. The van der Waals surface area contributed by atoms with E-state index < -0.39 is 0 Å². The van der Waals surface area contributed by atoms with Crippen molar-refractivity contribution in [1.82, 2.24) is 25.0 Å². The molecule has 1 N–H and O–H groups in total. The molecule has 0 aliphatic heterocycles. The van der Waals surface area contributed by atoms with Crippen molar-refractivity contribution in [3.63, 3.8) is 0 Å². The molecule has 0 aliphatic rings. The Balaban J connectivity index is 0.00000288. The van der Waals surface area contributed by atoms with Gasteiger partial charge in [0.2, 0.25) is 0 Å². The number of guanidine groups is 1. The maximum absolute atomic E-state index is 4.68. The van der Waals surface area contributed by atoms with Crippen LogP contribution in [0.25, 0.3) is 0 Å². The van der Waals surface area contributed by atoms with Gasteiger partial charge in [-0.15, -0.1) is 34.2 Å². The maximum atomic E-state index is 4.68. The zero-order valence-corrected chi connectivity index (χ0v) is 18.2. The van der Waals surface area contributed by atoms with E-state index in [9.17, 15) is 0 Å². The van der Waals surface area contributed by atoms with Crippen molar-refractivity contribution in [1.29, 1.82) is 0 Å². The third-order valence-corrected chi connectivity index (χ3v) is 4.24. The molecular weight excluding hydrogens is 483 g/mol. The van der Waals surface area contributed by atoms with Crippen LogP contribution in [0.4, 0.5) is 0 Å². The van der Waals surface area contributed by atoms with Gasteiger partial charge in [-0.25, -0.2) is 4.99 Å². The molecule has 132 valence electrons. The first kappa shape index (κ1) is 20.9. The van der Waals surface area contributed by atoms with Gasteiger partial charge in [0.25, 0.3) is 0 Å². The maximum Gasteiger partial charge on any atom is 0.194 e. The summed E-state index contributed by atoms with van der Waals surface area (Å²) < 4.78 is 3.11. The first-order valence-corrected chi connectivity index (χ1v) is 8.54. The lowest BCUT2D eigenvalue weighted by Gasteiger charge is -2.22. The summed E-state index contributed by atoms with van der Waals surface area (Å²) >= 11 is 3.59. The molecule has 0 unspecified atom stereocenters. The van der Waals surface area contributed by atoms with Crippen LogP contribution in [0, 0.1) is 0 Å². The van der Waals surface area contributed by atoms with E-state index in [4.69, 9.17) is 0 Å². The summed E-state index contributed by atoms with van der Waals surface area (Å²) in [5.41, 5.74) is 1.22. The van der Waals surface area contributed by atoms with E-state index in [1.165, 1.54) is 5.56 Å². The second kappa shape index (κ2) is 10.7. The van der Waals surface area contributed by atoms with Gasteiger partial charge in [-0.3, -0.25) is 0 Å². The predicted molar refractivity (Wildman–Crippen MR) is 112 cm³/mol. The van der Waals surface area contributed by atoms with Gasteiger partial charge in [0, 0.05) is 31.2 Å². The van der Waals surface area contributed by atoms with Gasteiger partial charge in [-0.05, 0) is 25.5 Å². The Morgan fingerprint density at radius 3 is 2.75 bits per heavy atom. The fraction of sp³-hybridized carbons (Fsp3) is 0.438. The fourth-order valence-corrected chi connectivity index (χ4v) is 2.65. The van der Waals surface area contributed by atoms with Crippen LogP contribution in [0.2, 0.25) is 0 Å². The molecule has 24 heavy (non-hydrogen) atoms. The van der Waals surface area contributed by atoms with Crippen molar-refractivity contribution >= 4 is 45.9 Å². The normalized spacial score (nSPS) is 11.1. The van der Waals surface area contributed by atoms with Gasteiger partial charge in [0.1, 0.15) is 12.9 Å². The molecule has 1 heterocycles. The summed E-state index contributed by atoms with van der Waals surface area (Å²) in [6.45, 7) is 7.09. The Kier molecular flexibility index (Phi) is 9.27. The number of hydrogen-bond donors (Lipinski definition) is 1. The molecule has 0 saturated heterocycles. The molecule has 0 fully saturated rings. The molecule has 1 aromatic carbocycles. The highest BCUT2D eigenvalue weighted by Crippen LogP contribution is 2.17. The third-order valence-electron chi connectivity index (χ3n) is 3.47. The molecule has 6 nitrogen and oxygen atoms in total. The molecule has 2 rings (SSSR count). The van der Waals surface area contributed by atoms with E-state index in [0.29, 0.717) is 6.54 Å². The van der Waals surface area contributed by atoms with E-state index in [0.717, 1.165) is 35.9 Å². The zero-order chi connectivity index (χ0) is 16.7. The minimum absolute atomic E-state index is 0. The molecule has 0 amide bonds. The minimum Gasteiger partial charge on any atom is -0.357 e. The molecule has 0 bridgehead atoms. The van der Waals surface area contributed by atoms with Crippen LogP contribution >= 0.6 is 39.9 Å². The number of halogens is 2. The number of aliphatic imine (C=N–C) groups is 1. The number of hydrogen-bond acceptors (Lipinski definition) is 3. The summed E-state index contributed by atoms with van der Waals surface area (Å²) in [4.78, 5) is 6.79. The van der Waals surface area contributed by atoms with Crippen LogP contribution in [0.1, 0.15) is 25.2 Å². The van der Waals surface area contributed by atoms with E-state index in [1.54, 1.807) is 6.33 Å². The van der Waals surface area contributed by atoms with E-state index in [1.807, 2.05) is 23.7 Å². The second-order valence-electron chi connectivity index (χ2n) is 5.15. The predicted octanol–water partition coefficient (Wildman–Crippen LogP) is 3.28. The highest BCUT2D eigenvalue weighted by Gasteiger charge is 2.09. The van der Waals surface area contributed by atoms with Crippen molar-refractivity contribution in [3.8, 4) is 0 Å². The van der Waals surface area contributed by atoms with Gasteiger partial charge >= 0.3 is 0 Å². The zero-order valence-electron chi connectivity index (χ0n) is 14.2. The van der Waals surface area contributed by atoms with Gasteiger partial charge < -0.3 is 14.8 Å². The highest BCUT2D eigenvalue weighted by atomic mass is 127. The van der Waals surface area contributed by atoms with Gasteiger partial charge in [-0.1, -0.05) is 34.1 Å². The number of benzene rings is 1. The molecular formula is C16H24BrIN6. The van der Waals surface area contributed by atoms with Crippen LogP contribution < -0.4 is 5.32 Å². The highest BCUT2D eigenvalue weighted by molar-refractivity contribution is 14.0. The SMILES string of the molecule is CCNC(=NCc1nncn1CC)N(C)Cc1ccccc1Br.I.